The summed E-state index contributed by atoms with van der Waals surface area (Å²) >= 11 is 5.50. The highest BCUT2D eigenvalue weighted by Crippen LogP contribution is 2.29. The number of rotatable bonds is 2. The number of hydrogen-bond donors (Lipinski definition) is 1. The maximum absolute atomic E-state index is 11.5. The van der Waals surface area contributed by atoms with E-state index in [1.807, 2.05) is 0 Å². The predicted molar refractivity (Wildman–Crippen MR) is 64.6 cm³/mol. The van der Waals surface area contributed by atoms with Crippen molar-refractivity contribution >= 4 is 33.2 Å². The lowest BCUT2D eigenvalue weighted by Crippen LogP contribution is -2.29. The number of hydrogen-bond acceptors (Lipinski definition) is 3. The Balaban J connectivity index is 2.42. The summed E-state index contributed by atoms with van der Waals surface area (Å²) in [5, 5.41) is 5.04. The third-order valence-corrected chi connectivity index (χ3v) is 3.83. The fourth-order valence-electron chi connectivity index (χ4n) is 1.89. The summed E-state index contributed by atoms with van der Waals surface area (Å²) in [4.78, 5) is 13.1. The number of fused-ring (bicyclic) bond motifs is 1. The van der Waals surface area contributed by atoms with Crippen LogP contribution in [0.3, 0.4) is 0 Å². The number of alkyl halides is 1. The Morgan fingerprint density at radius 1 is 1.47 bits per heavy atom. The number of carbonyl (C=O) groups excluding carboxylic acids is 1. The fourth-order valence-corrected chi connectivity index (χ4v) is 2.59. The molecule has 1 aromatic carbocycles. The normalized spacial score (nSPS) is 14.8. The number of nitrogens with two attached hydrogens (primary N) is 1. The molecule has 1 aromatic rings. The highest BCUT2D eigenvalue weighted by atomic mass is 35.5. The van der Waals surface area contributed by atoms with E-state index in [1.54, 1.807) is 11.0 Å². The molecule has 0 saturated heterocycles. The maximum atomic E-state index is 11.5. The van der Waals surface area contributed by atoms with Crippen LogP contribution in [-0.2, 0) is 21.2 Å². The largest absolute Gasteiger partial charge is 0.311 e. The summed E-state index contributed by atoms with van der Waals surface area (Å²) in [6, 6.07) is 4.49. The van der Waals surface area contributed by atoms with Gasteiger partial charge in [-0.3, -0.25) is 4.79 Å². The van der Waals surface area contributed by atoms with Gasteiger partial charge in [0.2, 0.25) is 15.9 Å². The van der Waals surface area contributed by atoms with Crippen molar-refractivity contribution in [1.29, 1.82) is 0 Å². The van der Waals surface area contributed by atoms with Gasteiger partial charge in [0.1, 0.15) is 5.88 Å². The molecule has 0 radical (unpaired) electrons. The molecule has 0 atom stereocenters. The summed E-state index contributed by atoms with van der Waals surface area (Å²) in [5.41, 5.74) is 1.51. The number of carbonyl (C=O) groups is 1. The van der Waals surface area contributed by atoms with Gasteiger partial charge in [-0.2, -0.15) is 0 Å². The molecule has 7 heteroatoms. The second-order valence-electron chi connectivity index (χ2n) is 3.76. The SMILES string of the molecule is NS(=O)(=O)c1ccc2c(c1)CCN2C(=O)CCl. The van der Waals surface area contributed by atoms with Gasteiger partial charge < -0.3 is 4.90 Å². The van der Waals surface area contributed by atoms with Gasteiger partial charge in [-0.1, -0.05) is 0 Å². The van der Waals surface area contributed by atoms with Crippen LogP contribution in [0.2, 0.25) is 0 Å². The summed E-state index contributed by atoms with van der Waals surface area (Å²) in [5.74, 6) is -0.273. The molecule has 5 nitrogen and oxygen atoms in total. The van der Waals surface area contributed by atoms with Crippen molar-refractivity contribution in [3.8, 4) is 0 Å². The quantitative estimate of drug-likeness (QED) is 0.796. The number of primary sulfonamides is 1. The fraction of sp³-hybridized carbons (Fsp3) is 0.300. The minimum atomic E-state index is -3.70. The molecular weight excluding hydrogens is 264 g/mol. The summed E-state index contributed by atoms with van der Waals surface area (Å²) in [7, 11) is -3.70. The third kappa shape index (κ3) is 2.29. The molecule has 0 aromatic heterocycles. The average Bonchev–Trinajstić information content (AvgIpc) is 2.69. The Morgan fingerprint density at radius 3 is 2.76 bits per heavy atom. The first kappa shape index (κ1) is 12.3. The van der Waals surface area contributed by atoms with E-state index in [4.69, 9.17) is 16.7 Å². The molecule has 0 saturated carbocycles. The van der Waals surface area contributed by atoms with Gasteiger partial charge in [-0.15, -0.1) is 11.6 Å². The molecule has 2 rings (SSSR count). The Morgan fingerprint density at radius 2 is 2.18 bits per heavy atom. The first-order chi connectivity index (χ1) is 7.93. The van der Waals surface area contributed by atoms with Crippen LogP contribution in [0.5, 0.6) is 0 Å². The molecule has 0 unspecified atom stereocenters. The molecule has 1 heterocycles. The van der Waals surface area contributed by atoms with Crippen LogP contribution in [0.25, 0.3) is 0 Å². The van der Waals surface area contributed by atoms with Crippen molar-refractivity contribution in [2.45, 2.75) is 11.3 Å². The second kappa shape index (κ2) is 4.29. The van der Waals surface area contributed by atoms with Crippen LogP contribution >= 0.6 is 11.6 Å². The number of sulfonamides is 1. The zero-order valence-electron chi connectivity index (χ0n) is 8.89. The van der Waals surface area contributed by atoms with Gasteiger partial charge in [0.25, 0.3) is 0 Å². The minimum Gasteiger partial charge on any atom is -0.311 e. The van der Waals surface area contributed by atoms with E-state index >= 15 is 0 Å². The Bertz CT molecular complexity index is 571. The highest BCUT2D eigenvalue weighted by molar-refractivity contribution is 7.89. The third-order valence-electron chi connectivity index (χ3n) is 2.69. The van der Waals surface area contributed by atoms with E-state index in [0.29, 0.717) is 18.7 Å². The average molecular weight is 275 g/mol. The Labute approximate surface area is 104 Å². The van der Waals surface area contributed by atoms with E-state index < -0.39 is 10.0 Å². The van der Waals surface area contributed by atoms with Crippen molar-refractivity contribution in [1.82, 2.24) is 0 Å². The molecule has 0 aliphatic carbocycles. The minimum absolute atomic E-state index is 0.0661. The summed E-state index contributed by atoms with van der Waals surface area (Å²) in [6.07, 6.45) is 0.612. The zero-order chi connectivity index (χ0) is 12.6. The van der Waals surface area contributed by atoms with E-state index in [-0.39, 0.29) is 16.7 Å². The van der Waals surface area contributed by atoms with Crippen molar-refractivity contribution in [3.05, 3.63) is 23.8 Å². The smallest absolute Gasteiger partial charge is 0.241 e. The lowest BCUT2D eigenvalue weighted by molar-refractivity contribution is -0.116. The number of nitrogens with zero attached hydrogens (tertiary/aromatic N) is 1. The van der Waals surface area contributed by atoms with Crippen LogP contribution in [-0.4, -0.2) is 26.7 Å². The molecule has 0 bridgehead atoms. The Kier molecular flexibility index (Phi) is 3.11. The standard InChI is InChI=1S/C10H11ClN2O3S/c11-6-10(14)13-4-3-7-5-8(17(12,15)16)1-2-9(7)13/h1-2,5H,3-4,6H2,(H2,12,15,16). The van der Waals surface area contributed by atoms with Crippen LogP contribution < -0.4 is 10.0 Å². The van der Waals surface area contributed by atoms with Gasteiger partial charge in [0, 0.05) is 12.2 Å². The van der Waals surface area contributed by atoms with Crippen LogP contribution in [0.1, 0.15) is 5.56 Å². The van der Waals surface area contributed by atoms with Gasteiger partial charge in [0.05, 0.1) is 4.90 Å². The Hall–Kier alpha value is -1.11. The van der Waals surface area contributed by atoms with Crippen LogP contribution in [0, 0.1) is 0 Å². The second-order valence-corrected chi connectivity index (χ2v) is 5.59. The number of benzene rings is 1. The molecule has 1 aliphatic heterocycles. The van der Waals surface area contributed by atoms with E-state index in [0.717, 1.165) is 5.56 Å². The first-order valence-electron chi connectivity index (χ1n) is 4.95. The topological polar surface area (TPSA) is 80.5 Å². The first-order valence-corrected chi connectivity index (χ1v) is 7.03. The van der Waals surface area contributed by atoms with Gasteiger partial charge >= 0.3 is 0 Å². The predicted octanol–water partition coefficient (Wildman–Crippen LogP) is 0.462. The van der Waals surface area contributed by atoms with Crippen molar-refractivity contribution in [2.75, 3.05) is 17.3 Å². The van der Waals surface area contributed by atoms with Gasteiger partial charge in [-0.25, -0.2) is 13.6 Å². The van der Waals surface area contributed by atoms with E-state index in [1.165, 1.54) is 12.1 Å². The molecule has 17 heavy (non-hydrogen) atoms. The number of halogens is 1. The monoisotopic (exact) mass is 274 g/mol. The van der Waals surface area contributed by atoms with Crippen molar-refractivity contribution < 1.29 is 13.2 Å². The van der Waals surface area contributed by atoms with Crippen molar-refractivity contribution in [3.63, 3.8) is 0 Å². The molecule has 0 fully saturated rings. The molecule has 1 aliphatic rings. The van der Waals surface area contributed by atoms with Gasteiger partial charge in [0.15, 0.2) is 0 Å². The summed E-state index contributed by atoms with van der Waals surface area (Å²) < 4.78 is 22.4. The van der Waals surface area contributed by atoms with Crippen molar-refractivity contribution in [2.24, 2.45) is 5.14 Å². The maximum Gasteiger partial charge on any atom is 0.241 e. The molecular formula is C10H11ClN2O3S. The number of anilines is 1. The number of amides is 1. The van der Waals surface area contributed by atoms with E-state index in [9.17, 15) is 13.2 Å². The van der Waals surface area contributed by atoms with Crippen LogP contribution in [0.4, 0.5) is 5.69 Å². The van der Waals surface area contributed by atoms with E-state index in [2.05, 4.69) is 0 Å². The summed E-state index contributed by atoms with van der Waals surface area (Å²) in [6.45, 7) is 0.523. The zero-order valence-corrected chi connectivity index (χ0v) is 10.5. The molecule has 0 spiro atoms. The molecule has 1 amide bonds. The molecule has 2 N–H and O–H groups in total. The lowest BCUT2D eigenvalue weighted by atomic mass is 10.2. The molecule has 92 valence electrons. The van der Waals surface area contributed by atoms with Gasteiger partial charge in [-0.05, 0) is 30.2 Å². The highest BCUT2D eigenvalue weighted by Gasteiger charge is 2.25. The lowest BCUT2D eigenvalue weighted by Gasteiger charge is -2.15. The van der Waals surface area contributed by atoms with Crippen LogP contribution in [0.15, 0.2) is 23.1 Å².